The molecule has 4 saturated heterocycles. The zero-order valence-corrected chi connectivity index (χ0v) is 60.0. The first-order valence-corrected chi connectivity index (χ1v) is 34.9. The second kappa shape index (κ2) is 61.9. The summed E-state index contributed by atoms with van der Waals surface area (Å²) in [5.74, 6) is 10.9. The van der Waals surface area contributed by atoms with Gasteiger partial charge in [0.1, 0.15) is 0 Å². The van der Waals surface area contributed by atoms with Gasteiger partial charge in [-0.25, -0.2) is 0 Å². The summed E-state index contributed by atoms with van der Waals surface area (Å²) < 4.78 is 0. The molecule has 1 aliphatic carbocycles. The maximum Gasteiger partial charge on any atom is 0.00696 e. The lowest BCUT2D eigenvalue weighted by Crippen LogP contribution is -2.41. The molecule has 0 aromatic rings. The fourth-order valence-corrected chi connectivity index (χ4v) is 11.8. The predicted molar refractivity (Wildman–Crippen MR) is 415 cm³/mol. The van der Waals surface area contributed by atoms with Crippen molar-refractivity contribution in [2.45, 2.75) is 385 Å². The van der Waals surface area contributed by atoms with E-state index >= 15 is 0 Å². The Kier molecular flexibility index (Phi) is 77.0. The molecule has 5 aliphatic rings. The molecule has 4 heterocycles. The average molecular weight is 1250 g/mol. The molecule has 3 atom stereocenters. The normalized spacial score (nSPS) is 21.0. The zero-order valence-electron chi connectivity index (χ0n) is 60.0. The molecule has 5 rings (SSSR count). The van der Waals surface area contributed by atoms with Gasteiger partial charge in [0.15, 0.2) is 0 Å². The van der Waals surface area contributed by atoms with E-state index in [4.69, 9.17) is 0 Å². The minimum absolute atomic E-state index is 0. The van der Waals surface area contributed by atoms with Crippen molar-refractivity contribution in [3.05, 3.63) is 0 Å². The Morgan fingerprint density at radius 3 is 0.897 bits per heavy atom. The standard InChI is InChI=1S/C12H25N.3C11H23N.C10H21N.C9H21N.C8H19N.8CH4/c1-9(2)11-5-7-12(8-6-11)13-10(3)4;1-9(2)11-5-7-12(8-6-11)10(3)4;2*1-9(2)11-6-5-7-12(8-11)10(3)4;1-8(2)10-5-6-11(7-10)9(3)4;1-8(2)6-7-10(5)9(3)4;1-7(2)5-6-9-8(3)4;;;;;;;;/h9-13H,5-8H2,1-4H3;3*9-11H,5-8H2,1-4H3;8-10H,5-7H2,1-4H3;8-9H,6-7H2,1-5H3;7-9H,5-6H2,1-4H3;8*1H4/t;;11-;;;;;;;;;;;;/m..1............/s1. The fourth-order valence-electron chi connectivity index (χ4n) is 11.8. The Morgan fingerprint density at radius 1 is 0.333 bits per heavy atom. The van der Waals surface area contributed by atoms with Crippen LogP contribution in [0.15, 0.2) is 0 Å². The minimum Gasteiger partial charge on any atom is -0.315 e. The van der Waals surface area contributed by atoms with Crippen molar-refractivity contribution in [2.75, 3.05) is 72.5 Å². The van der Waals surface area contributed by atoms with Gasteiger partial charge in [0, 0.05) is 68.0 Å². The highest BCUT2D eigenvalue weighted by Gasteiger charge is 2.28. The molecule has 2 unspecified atom stereocenters. The monoisotopic (exact) mass is 1250 g/mol. The van der Waals surface area contributed by atoms with Crippen LogP contribution in [-0.4, -0.2) is 145 Å². The van der Waals surface area contributed by atoms with Crippen LogP contribution in [0.2, 0.25) is 0 Å². The van der Waals surface area contributed by atoms with Gasteiger partial charge in [-0.15, -0.1) is 0 Å². The van der Waals surface area contributed by atoms with Crippen molar-refractivity contribution in [1.82, 2.24) is 35.1 Å². The van der Waals surface area contributed by atoms with E-state index in [9.17, 15) is 0 Å². The van der Waals surface area contributed by atoms with Crippen LogP contribution < -0.4 is 10.6 Å². The van der Waals surface area contributed by atoms with Crippen molar-refractivity contribution < 1.29 is 0 Å². The highest BCUT2D eigenvalue weighted by Crippen LogP contribution is 2.31. The highest BCUT2D eigenvalue weighted by molar-refractivity contribution is 4.82. The molecular formula is C80H187N7. The Labute approximate surface area is 561 Å². The molecule has 0 aromatic heterocycles. The van der Waals surface area contributed by atoms with E-state index in [1.807, 2.05) is 0 Å². The third-order valence-corrected chi connectivity index (χ3v) is 19.0. The van der Waals surface area contributed by atoms with E-state index in [-0.39, 0.29) is 59.4 Å². The first kappa shape index (κ1) is 108. The molecule has 87 heavy (non-hydrogen) atoms. The number of rotatable bonds is 19. The van der Waals surface area contributed by atoms with Gasteiger partial charge in [-0.2, -0.15) is 0 Å². The summed E-state index contributed by atoms with van der Waals surface area (Å²) in [6, 6.07) is 5.77. The SMILES string of the molecule is C.C.C.C.C.C.C.C.CC(C)C1CCCN(C(C)C)C1.CC(C)C1CCN(C(C)C)C1.CC(C)C1CCN(C(C)C)CC1.CC(C)CCN(C)C(C)C.CC(C)CCNC(C)C.CC(C)NC1CCC(C(C)C)CC1.CC(C)[C@@H]1CCCN(C(C)C)C1. The average Bonchev–Trinajstić information content (AvgIpc) is 3.89. The molecule has 5 fully saturated rings. The fraction of sp³-hybridized carbons (Fsp3) is 1.00. The molecule has 542 valence electrons. The van der Waals surface area contributed by atoms with Gasteiger partial charge < -0.3 is 35.1 Å². The summed E-state index contributed by atoms with van der Waals surface area (Å²) in [5, 5.41) is 7.02. The van der Waals surface area contributed by atoms with E-state index < -0.39 is 0 Å². The molecule has 0 amide bonds. The Balaban J connectivity index is -0.0000000982. The summed E-state index contributed by atoms with van der Waals surface area (Å²) in [6.07, 6.45) is 18.2. The first-order chi connectivity index (χ1) is 36.7. The maximum atomic E-state index is 3.64. The second-order valence-electron chi connectivity index (χ2n) is 30.8. The third kappa shape index (κ3) is 55.8. The van der Waals surface area contributed by atoms with Gasteiger partial charge in [-0.1, -0.05) is 184 Å². The van der Waals surface area contributed by atoms with Crippen molar-refractivity contribution >= 4 is 0 Å². The quantitative estimate of drug-likeness (QED) is 0.134. The summed E-state index contributed by atoms with van der Waals surface area (Å²) in [4.78, 5) is 12.8. The van der Waals surface area contributed by atoms with Crippen LogP contribution in [-0.2, 0) is 0 Å². The smallest absolute Gasteiger partial charge is 0.00696 e. The van der Waals surface area contributed by atoms with E-state index in [0.29, 0.717) is 18.1 Å². The molecule has 2 N–H and O–H groups in total. The van der Waals surface area contributed by atoms with Gasteiger partial charge in [-0.05, 0) is 277 Å². The minimum atomic E-state index is 0. The van der Waals surface area contributed by atoms with Crippen LogP contribution in [0.25, 0.3) is 0 Å². The zero-order chi connectivity index (χ0) is 61.1. The van der Waals surface area contributed by atoms with E-state index in [2.05, 4.69) is 236 Å². The number of hydrogen-bond acceptors (Lipinski definition) is 7. The second-order valence-corrected chi connectivity index (χ2v) is 30.8. The molecule has 0 aromatic carbocycles. The van der Waals surface area contributed by atoms with Gasteiger partial charge in [0.25, 0.3) is 0 Å². The Hall–Kier alpha value is -0.280. The number of nitrogens with zero attached hydrogens (tertiary/aromatic N) is 5. The lowest BCUT2D eigenvalue weighted by atomic mass is 9.79. The van der Waals surface area contributed by atoms with E-state index in [0.717, 1.165) is 108 Å². The molecule has 1 saturated carbocycles. The molecular weight excluding hydrogens is 1060 g/mol. The van der Waals surface area contributed by atoms with E-state index in [1.54, 1.807) is 0 Å². The highest BCUT2D eigenvalue weighted by atomic mass is 15.2. The lowest BCUT2D eigenvalue weighted by Gasteiger charge is -2.37. The molecule has 0 bridgehead atoms. The largest absolute Gasteiger partial charge is 0.315 e. The van der Waals surface area contributed by atoms with Gasteiger partial charge in [0.2, 0.25) is 0 Å². The lowest BCUT2D eigenvalue weighted by molar-refractivity contribution is 0.117. The van der Waals surface area contributed by atoms with Crippen LogP contribution in [0.5, 0.6) is 0 Å². The van der Waals surface area contributed by atoms with Crippen LogP contribution in [0, 0.1) is 71.0 Å². The van der Waals surface area contributed by atoms with Crippen molar-refractivity contribution in [1.29, 1.82) is 0 Å². The van der Waals surface area contributed by atoms with Gasteiger partial charge in [0.05, 0.1) is 0 Å². The summed E-state index contributed by atoms with van der Waals surface area (Å²) in [6.45, 7) is 77.3. The summed E-state index contributed by atoms with van der Waals surface area (Å²) in [5.41, 5.74) is 0. The van der Waals surface area contributed by atoms with Crippen LogP contribution in [0.4, 0.5) is 0 Å². The summed E-state index contributed by atoms with van der Waals surface area (Å²) in [7, 11) is 2.19. The van der Waals surface area contributed by atoms with Gasteiger partial charge >= 0.3 is 0 Å². The maximum absolute atomic E-state index is 3.64. The van der Waals surface area contributed by atoms with Crippen molar-refractivity contribution in [3.8, 4) is 0 Å². The van der Waals surface area contributed by atoms with E-state index in [1.165, 1.54) is 142 Å². The Bertz CT molecular complexity index is 1220. The van der Waals surface area contributed by atoms with Crippen LogP contribution in [0.3, 0.4) is 0 Å². The number of hydrogen-bond donors (Lipinski definition) is 2. The molecule has 0 radical (unpaired) electrons. The van der Waals surface area contributed by atoms with Crippen molar-refractivity contribution in [3.63, 3.8) is 0 Å². The third-order valence-electron chi connectivity index (χ3n) is 19.0. The molecule has 4 aliphatic heterocycles. The van der Waals surface area contributed by atoms with Crippen LogP contribution >= 0.6 is 0 Å². The van der Waals surface area contributed by atoms with Crippen molar-refractivity contribution in [2.24, 2.45) is 71.0 Å². The Morgan fingerprint density at radius 2 is 0.632 bits per heavy atom. The molecule has 0 spiro atoms. The first-order valence-electron chi connectivity index (χ1n) is 34.9. The molecule has 7 nitrogen and oxygen atoms in total. The van der Waals surface area contributed by atoms with Crippen LogP contribution in [0.1, 0.15) is 337 Å². The topological polar surface area (TPSA) is 40.3 Å². The van der Waals surface area contributed by atoms with Gasteiger partial charge in [-0.3, -0.25) is 0 Å². The predicted octanol–water partition coefficient (Wildman–Crippen LogP) is 23.4. The number of piperidine rings is 3. The number of likely N-dealkylation sites (tertiary alicyclic amines) is 4. The summed E-state index contributed by atoms with van der Waals surface area (Å²) >= 11 is 0. The number of nitrogens with one attached hydrogen (secondary N) is 2. The molecule has 7 heteroatoms.